The third-order valence-electron chi connectivity index (χ3n) is 3.92. The normalized spacial score (nSPS) is 10.8. The molecule has 5 nitrogen and oxygen atoms in total. The van der Waals surface area contributed by atoms with Gasteiger partial charge < -0.3 is 5.32 Å². The summed E-state index contributed by atoms with van der Waals surface area (Å²) in [7, 11) is 0. The molecule has 0 aliphatic carbocycles. The quantitative estimate of drug-likeness (QED) is 0.802. The van der Waals surface area contributed by atoms with E-state index in [4.69, 9.17) is 0 Å². The second-order valence-corrected chi connectivity index (χ2v) is 5.85. The third-order valence-corrected chi connectivity index (χ3v) is 3.92. The summed E-state index contributed by atoms with van der Waals surface area (Å²) >= 11 is 0. The highest BCUT2D eigenvalue weighted by Gasteiger charge is 2.12. The average Bonchev–Trinajstić information content (AvgIpc) is 2.59. The standard InChI is InChI=1S/C19H20N4O/c1-4-14-5-6-18-16(8-14)17(7-12(2)23-18)19(24)22-11-15-10-20-13(3)9-21-15/h5-10H,4,11H2,1-3H3,(H,22,24). The summed E-state index contributed by atoms with van der Waals surface area (Å²) < 4.78 is 0. The van der Waals surface area contributed by atoms with Crippen LogP contribution in [0.4, 0.5) is 0 Å². The number of carbonyl (C=O) groups excluding carboxylic acids is 1. The van der Waals surface area contributed by atoms with E-state index >= 15 is 0 Å². The van der Waals surface area contributed by atoms with Crippen molar-refractivity contribution in [2.75, 3.05) is 0 Å². The van der Waals surface area contributed by atoms with E-state index in [1.165, 1.54) is 5.56 Å². The number of nitrogens with zero attached hydrogens (tertiary/aromatic N) is 3. The minimum Gasteiger partial charge on any atom is -0.346 e. The van der Waals surface area contributed by atoms with Crippen LogP contribution in [0, 0.1) is 13.8 Å². The lowest BCUT2D eigenvalue weighted by atomic mass is 10.0. The van der Waals surface area contributed by atoms with Gasteiger partial charge in [-0.3, -0.25) is 19.7 Å². The molecule has 0 radical (unpaired) electrons. The van der Waals surface area contributed by atoms with Gasteiger partial charge in [-0.25, -0.2) is 0 Å². The summed E-state index contributed by atoms with van der Waals surface area (Å²) in [6, 6.07) is 7.90. The summed E-state index contributed by atoms with van der Waals surface area (Å²) in [6.45, 7) is 6.23. The lowest BCUT2D eigenvalue weighted by molar-refractivity contribution is 0.0952. The molecular formula is C19H20N4O. The molecule has 0 spiro atoms. The van der Waals surface area contributed by atoms with Crippen LogP contribution >= 0.6 is 0 Å². The number of nitrogens with one attached hydrogen (secondary N) is 1. The van der Waals surface area contributed by atoms with Gasteiger partial charge in [-0.2, -0.15) is 0 Å². The summed E-state index contributed by atoms with van der Waals surface area (Å²) in [5, 5.41) is 3.80. The van der Waals surface area contributed by atoms with Crippen molar-refractivity contribution in [2.24, 2.45) is 0 Å². The highest BCUT2D eigenvalue weighted by Crippen LogP contribution is 2.20. The van der Waals surface area contributed by atoms with Gasteiger partial charge in [-0.15, -0.1) is 0 Å². The van der Waals surface area contributed by atoms with Crippen LogP contribution in [0.25, 0.3) is 10.9 Å². The molecule has 1 N–H and O–H groups in total. The first-order valence-electron chi connectivity index (χ1n) is 8.03. The van der Waals surface area contributed by atoms with Gasteiger partial charge in [0.15, 0.2) is 0 Å². The second kappa shape index (κ2) is 6.74. The number of hydrogen-bond acceptors (Lipinski definition) is 4. The van der Waals surface area contributed by atoms with E-state index in [1.54, 1.807) is 12.4 Å². The Kier molecular flexibility index (Phi) is 4.51. The summed E-state index contributed by atoms with van der Waals surface area (Å²) in [5.41, 5.74) is 5.09. The van der Waals surface area contributed by atoms with Crippen molar-refractivity contribution in [3.05, 3.63) is 64.9 Å². The molecule has 0 fully saturated rings. The zero-order chi connectivity index (χ0) is 17.1. The summed E-state index contributed by atoms with van der Waals surface area (Å²) in [6.07, 6.45) is 4.30. The van der Waals surface area contributed by atoms with Crippen molar-refractivity contribution < 1.29 is 4.79 Å². The minimum atomic E-state index is -0.124. The Morgan fingerprint density at radius 2 is 1.92 bits per heavy atom. The maximum absolute atomic E-state index is 12.7. The Balaban J connectivity index is 1.89. The fourth-order valence-corrected chi connectivity index (χ4v) is 2.59. The van der Waals surface area contributed by atoms with Crippen LogP contribution in [0.2, 0.25) is 0 Å². The molecule has 3 rings (SSSR count). The predicted octanol–water partition coefficient (Wildman–Crippen LogP) is 3.13. The van der Waals surface area contributed by atoms with E-state index in [9.17, 15) is 4.79 Å². The van der Waals surface area contributed by atoms with E-state index < -0.39 is 0 Å². The number of carbonyl (C=O) groups is 1. The molecule has 3 aromatic rings. The number of rotatable bonds is 4. The van der Waals surface area contributed by atoms with Gasteiger partial charge in [0, 0.05) is 17.3 Å². The van der Waals surface area contributed by atoms with E-state index in [1.807, 2.05) is 32.0 Å². The highest BCUT2D eigenvalue weighted by atomic mass is 16.1. The average molecular weight is 320 g/mol. The molecule has 1 aromatic carbocycles. The highest BCUT2D eigenvalue weighted by molar-refractivity contribution is 6.06. The maximum atomic E-state index is 12.7. The zero-order valence-electron chi connectivity index (χ0n) is 14.1. The first kappa shape index (κ1) is 16.1. The molecule has 2 aromatic heterocycles. The fraction of sp³-hybridized carbons (Fsp3) is 0.263. The van der Waals surface area contributed by atoms with Gasteiger partial charge >= 0.3 is 0 Å². The first-order valence-corrected chi connectivity index (χ1v) is 8.03. The number of amides is 1. The number of hydrogen-bond donors (Lipinski definition) is 1. The van der Waals surface area contributed by atoms with Gasteiger partial charge in [0.1, 0.15) is 0 Å². The summed E-state index contributed by atoms with van der Waals surface area (Å²) in [5.74, 6) is -0.124. The van der Waals surface area contributed by atoms with Gasteiger partial charge in [-0.05, 0) is 44.0 Å². The van der Waals surface area contributed by atoms with Crippen LogP contribution in [0.5, 0.6) is 0 Å². The molecule has 122 valence electrons. The van der Waals surface area contributed by atoms with Crippen molar-refractivity contribution in [1.82, 2.24) is 20.3 Å². The number of aromatic nitrogens is 3. The van der Waals surface area contributed by atoms with Crippen LogP contribution in [0.15, 0.2) is 36.7 Å². The van der Waals surface area contributed by atoms with E-state index in [2.05, 4.69) is 33.3 Å². The fourth-order valence-electron chi connectivity index (χ4n) is 2.59. The zero-order valence-corrected chi connectivity index (χ0v) is 14.1. The molecule has 0 atom stereocenters. The predicted molar refractivity (Wildman–Crippen MR) is 93.8 cm³/mol. The van der Waals surface area contributed by atoms with Crippen molar-refractivity contribution in [1.29, 1.82) is 0 Å². The third kappa shape index (κ3) is 3.40. The van der Waals surface area contributed by atoms with Crippen LogP contribution in [0.3, 0.4) is 0 Å². The molecule has 24 heavy (non-hydrogen) atoms. The van der Waals surface area contributed by atoms with Crippen molar-refractivity contribution in [3.8, 4) is 0 Å². The molecule has 5 heteroatoms. The molecule has 0 aliphatic heterocycles. The largest absolute Gasteiger partial charge is 0.346 e. The molecule has 1 amide bonds. The number of pyridine rings is 1. The number of aryl methyl sites for hydroxylation is 3. The smallest absolute Gasteiger partial charge is 0.252 e. The van der Waals surface area contributed by atoms with E-state index in [0.717, 1.165) is 34.4 Å². The molecule has 0 aliphatic rings. The van der Waals surface area contributed by atoms with Crippen molar-refractivity contribution in [3.63, 3.8) is 0 Å². The number of fused-ring (bicyclic) bond motifs is 1. The number of benzene rings is 1. The topological polar surface area (TPSA) is 67.8 Å². The SMILES string of the molecule is CCc1ccc2nc(C)cc(C(=O)NCc3cnc(C)cn3)c2c1. The molecular weight excluding hydrogens is 300 g/mol. The first-order chi connectivity index (χ1) is 11.6. The molecule has 0 unspecified atom stereocenters. The van der Waals surface area contributed by atoms with Gasteiger partial charge in [0.2, 0.25) is 0 Å². The van der Waals surface area contributed by atoms with Gasteiger partial charge in [0.25, 0.3) is 5.91 Å². The van der Waals surface area contributed by atoms with E-state index in [0.29, 0.717) is 12.1 Å². The molecule has 0 saturated carbocycles. The van der Waals surface area contributed by atoms with Crippen LogP contribution in [-0.2, 0) is 13.0 Å². The maximum Gasteiger partial charge on any atom is 0.252 e. The lowest BCUT2D eigenvalue weighted by Gasteiger charge is -2.10. The van der Waals surface area contributed by atoms with Crippen LogP contribution < -0.4 is 5.32 Å². The molecule has 0 bridgehead atoms. The van der Waals surface area contributed by atoms with Gasteiger partial charge in [-0.1, -0.05) is 13.0 Å². The Labute approximate surface area is 141 Å². The molecule has 2 heterocycles. The van der Waals surface area contributed by atoms with Crippen LogP contribution in [-0.4, -0.2) is 20.9 Å². The monoisotopic (exact) mass is 320 g/mol. The van der Waals surface area contributed by atoms with Gasteiger partial charge in [0.05, 0.1) is 35.2 Å². The molecule has 0 saturated heterocycles. The lowest BCUT2D eigenvalue weighted by Crippen LogP contribution is -2.24. The summed E-state index contributed by atoms with van der Waals surface area (Å²) in [4.78, 5) is 25.6. The Morgan fingerprint density at radius 1 is 1.08 bits per heavy atom. The van der Waals surface area contributed by atoms with Crippen molar-refractivity contribution in [2.45, 2.75) is 33.7 Å². The van der Waals surface area contributed by atoms with E-state index in [-0.39, 0.29) is 5.91 Å². The Hall–Kier alpha value is -2.82. The Morgan fingerprint density at radius 3 is 2.62 bits per heavy atom. The second-order valence-electron chi connectivity index (χ2n) is 5.85. The Bertz CT molecular complexity index is 888. The minimum absolute atomic E-state index is 0.124. The van der Waals surface area contributed by atoms with Crippen molar-refractivity contribution >= 4 is 16.8 Å². The van der Waals surface area contributed by atoms with Crippen LogP contribution in [0.1, 0.15) is 39.9 Å².